The zero-order valence-electron chi connectivity index (χ0n) is 12.0. The van der Waals surface area contributed by atoms with E-state index in [1.54, 1.807) is 0 Å². The predicted octanol–water partition coefficient (Wildman–Crippen LogP) is -5.40. The van der Waals surface area contributed by atoms with Gasteiger partial charge in [0, 0.05) is 0 Å². The van der Waals surface area contributed by atoms with Crippen molar-refractivity contribution in [1.29, 1.82) is 0 Å². The van der Waals surface area contributed by atoms with Crippen LogP contribution in [0.1, 0.15) is 0 Å². The van der Waals surface area contributed by atoms with Crippen molar-refractivity contribution >= 4 is 0 Å². The van der Waals surface area contributed by atoms with Gasteiger partial charge in [0.15, 0.2) is 12.6 Å². The van der Waals surface area contributed by atoms with Gasteiger partial charge in [0.2, 0.25) is 0 Å². The van der Waals surface area contributed by atoms with Gasteiger partial charge in [-0.1, -0.05) is 0 Å². The Morgan fingerprint density at radius 2 is 1.22 bits per heavy atom. The first-order chi connectivity index (χ1) is 10.8. The molecule has 2 aliphatic rings. The summed E-state index contributed by atoms with van der Waals surface area (Å²) in [6, 6.07) is 0. The number of rotatable bonds is 4. The second kappa shape index (κ2) is 7.63. The number of ether oxygens (including phenoxy) is 3. The van der Waals surface area contributed by atoms with Gasteiger partial charge in [-0.05, 0) is 0 Å². The molecule has 2 saturated heterocycles. The van der Waals surface area contributed by atoms with Gasteiger partial charge in [0.1, 0.15) is 48.8 Å². The van der Waals surface area contributed by atoms with Crippen LogP contribution in [0.4, 0.5) is 0 Å². The normalized spacial score (nSPS) is 51.7. The summed E-state index contributed by atoms with van der Waals surface area (Å²) >= 11 is 0. The van der Waals surface area contributed by atoms with Gasteiger partial charge in [0.25, 0.3) is 0 Å². The van der Waals surface area contributed by atoms with Gasteiger partial charge in [-0.15, -0.1) is 0 Å². The summed E-state index contributed by atoms with van der Waals surface area (Å²) in [7, 11) is 0. The zero-order valence-corrected chi connectivity index (χ0v) is 12.0. The lowest BCUT2D eigenvalue weighted by molar-refractivity contribution is -0.355. The van der Waals surface area contributed by atoms with Crippen molar-refractivity contribution in [2.45, 2.75) is 61.4 Å². The van der Waals surface area contributed by atoms with Crippen LogP contribution in [0.2, 0.25) is 0 Å². The van der Waals surface area contributed by atoms with Crippen LogP contribution in [0.5, 0.6) is 0 Å². The van der Waals surface area contributed by atoms with Gasteiger partial charge >= 0.3 is 0 Å². The third-order valence-corrected chi connectivity index (χ3v) is 3.98. The first-order valence-electron chi connectivity index (χ1n) is 7.08. The highest BCUT2D eigenvalue weighted by atomic mass is 16.7. The first kappa shape index (κ1) is 18.9. The molecule has 8 N–H and O–H groups in total. The molecular formula is C12H22O11. The highest BCUT2D eigenvalue weighted by Crippen LogP contribution is 2.28. The second-order valence-corrected chi connectivity index (χ2v) is 5.53. The Morgan fingerprint density at radius 1 is 0.652 bits per heavy atom. The average Bonchev–Trinajstić information content (AvgIpc) is 2.54. The number of hydrogen-bond donors (Lipinski definition) is 8. The molecule has 11 nitrogen and oxygen atoms in total. The van der Waals surface area contributed by atoms with Gasteiger partial charge in [0.05, 0.1) is 13.2 Å². The van der Waals surface area contributed by atoms with E-state index >= 15 is 0 Å². The Morgan fingerprint density at radius 3 is 1.78 bits per heavy atom. The minimum absolute atomic E-state index is 0.667. The lowest BCUT2D eigenvalue weighted by Crippen LogP contribution is -2.64. The minimum Gasteiger partial charge on any atom is -0.394 e. The Bertz CT molecular complexity index is 380. The summed E-state index contributed by atoms with van der Waals surface area (Å²) in [6.07, 6.45) is -15.7. The maximum Gasteiger partial charge on any atom is 0.187 e. The maximum absolute atomic E-state index is 10.00. The molecule has 2 heterocycles. The predicted molar refractivity (Wildman–Crippen MR) is 68.6 cm³/mol. The SMILES string of the molecule is OCC1OC(O)C(O)C(O[C@@H]2O[C@H](CO)[C@H](O)[C@H](O)[C@H]2O)C1O. The van der Waals surface area contributed by atoms with E-state index < -0.39 is 74.6 Å². The smallest absolute Gasteiger partial charge is 0.187 e. The van der Waals surface area contributed by atoms with Crippen LogP contribution in [-0.2, 0) is 14.2 Å². The number of hydrogen-bond acceptors (Lipinski definition) is 11. The molecule has 0 aromatic rings. The second-order valence-electron chi connectivity index (χ2n) is 5.53. The summed E-state index contributed by atoms with van der Waals surface area (Å²) in [5.41, 5.74) is 0. The molecule has 0 spiro atoms. The molecule has 23 heavy (non-hydrogen) atoms. The molecular weight excluding hydrogens is 320 g/mol. The lowest BCUT2D eigenvalue weighted by Gasteiger charge is -2.45. The molecule has 0 aliphatic carbocycles. The molecule has 0 aromatic heterocycles. The van der Waals surface area contributed by atoms with E-state index in [-0.39, 0.29) is 0 Å². The van der Waals surface area contributed by atoms with E-state index in [2.05, 4.69) is 0 Å². The quantitative estimate of drug-likeness (QED) is 0.243. The van der Waals surface area contributed by atoms with E-state index in [9.17, 15) is 30.6 Å². The molecule has 0 aromatic carbocycles. The Hall–Kier alpha value is -0.440. The fourth-order valence-corrected chi connectivity index (χ4v) is 2.56. The van der Waals surface area contributed by atoms with Crippen molar-refractivity contribution in [3.63, 3.8) is 0 Å². The van der Waals surface area contributed by atoms with Gasteiger partial charge < -0.3 is 55.1 Å². The Balaban J connectivity index is 2.11. The molecule has 0 saturated carbocycles. The van der Waals surface area contributed by atoms with E-state index in [4.69, 9.17) is 24.4 Å². The zero-order chi connectivity index (χ0) is 17.3. The molecule has 136 valence electrons. The molecule has 10 atom stereocenters. The average molecular weight is 342 g/mol. The molecule has 0 radical (unpaired) electrons. The molecule has 2 aliphatic heterocycles. The molecule has 2 fully saturated rings. The monoisotopic (exact) mass is 342 g/mol. The minimum atomic E-state index is -1.76. The van der Waals surface area contributed by atoms with Crippen LogP contribution in [-0.4, -0.2) is 115 Å². The molecule has 5 unspecified atom stereocenters. The van der Waals surface area contributed by atoms with Crippen molar-refractivity contribution in [1.82, 2.24) is 0 Å². The van der Waals surface area contributed by atoms with Crippen LogP contribution < -0.4 is 0 Å². The first-order valence-corrected chi connectivity index (χ1v) is 7.08. The van der Waals surface area contributed by atoms with E-state index in [1.165, 1.54) is 0 Å². The van der Waals surface area contributed by atoms with Crippen molar-refractivity contribution in [3.05, 3.63) is 0 Å². The van der Waals surface area contributed by atoms with Crippen LogP contribution in [0.3, 0.4) is 0 Å². The van der Waals surface area contributed by atoms with Gasteiger partial charge in [-0.25, -0.2) is 0 Å². The van der Waals surface area contributed by atoms with Gasteiger partial charge in [-0.3, -0.25) is 0 Å². The highest BCUT2D eigenvalue weighted by Gasteiger charge is 2.50. The third-order valence-electron chi connectivity index (χ3n) is 3.98. The lowest BCUT2D eigenvalue weighted by atomic mass is 9.97. The Kier molecular flexibility index (Phi) is 6.27. The van der Waals surface area contributed by atoms with Crippen molar-refractivity contribution in [2.75, 3.05) is 13.2 Å². The molecule has 0 bridgehead atoms. The molecule has 11 heteroatoms. The van der Waals surface area contributed by atoms with Crippen LogP contribution >= 0.6 is 0 Å². The molecule has 2 rings (SSSR count). The van der Waals surface area contributed by atoms with Crippen LogP contribution in [0.25, 0.3) is 0 Å². The van der Waals surface area contributed by atoms with Crippen LogP contribution in [0.15, 0.2) is 0 Å². The summed E-state index contributed by atoms with van der Waals surface area (Å²) in [4.78, 5) is 0. The maximum atomic E-state index is 10.00. The fourth-order valence-electron chi connectivity index (χ4n) is 2.56. The van der Waals surface area contributed by atoms with E-state index in [1.807, 2.05) is 0 Å². The molecule has 0 amide bonds. The standard InChI is InChI=1S/C12H22O11/c13-1-3-5(15)7(17)8(18)12(22-3)23-10-6(16)4(2-14)21-11(20)9(10)19/h3-20H,1-2H2/t3-,4?,5+,6?,7+,8-,9?,10?,11?,12+/m1/s1. The highest BCUT2D eigenvalue weighted by molar-refractivity contribution is 4.93. The van der Waals surface area contributed by atoms with Crippen molar-refractivity contribution in [3.8, 4) is 0 Å². The largest absolute Gasteiger partial charge is 0.394 e. The van der Waals surface area contributed by atoms with E-state index in [0.29, 0.717) is 0 Å². The Labute approximate surface area is 130 Å². The van der Waals surface area contributed by atoms with Crippen molar-refractivity contribution < 1.29 is 55.1 Å². The summed E-state index contributed by atoms with van der Waals surface area (Å²) in [5, 5.41) is 76.8. The topological polar surface area (TPSA) is 190 Å². The van der Waals surface area contributed by atoms with E-state index in [0.717, 1.165) is 0 Å². The fraction of sp³-hybridized carbons (Fsp3) is 1.00. The third kappa shape index (κ3) is 3.65. The van der Waals surface area contributed by atoms with Gasteiger partial charge in [-0.2, -0.15) is 0 Å². The summed E-state index contributed by atoms with van der Waals surface area (Å²) in [6.45, 7) is -1.34. The van der Waals surface area contributed by atoms with Crippen LogP contribution in [0, 0.1) is 0 Å². The number of aliphatic hydroxyl groups is 8. The van der Waals surface area contributed by atoms with Crippen molar-refractivity contribution in [2.24, 2.45) is 0 Å². The number of aliphatic hydroxyl groups excluding tert-OH is 8. The summed E-state index contributed by atoms with van der Waals surface area (Å²) in [5.74, 6) is 0. The summed E-state index contributed by atoms with van der Waals surface area (Å²) < 4.78 is 15.1.